The van der Waals surface area contributed by atoms with Gasteiger partial charge in [-0.1, -0.05) is 6.42 Å². The number of alkyl halides is 3. The second-order valence-corrected chi connectivity index (χ2v) is 6.44. The van der Waals surface area contributed by atoms with Crippen molar-refractivity contribution in [3.63, 3.8) is 0 Å². The van der Waals surface area contributed by atoms with E-state index < -0.39 is 17.5 Å². The summed E-state index contributed by atoms with van der Waals surface area (Å²) in [4.78, 5) is 18.9. The highest BCUT2D eigenvalue weighted by Gasteiger charge is 2.31. The first-order valence-corrected chi connectivity index (χ1v) is 8.53. The van der Waals surface area contributed by atoms with E-state index in [9.17, 15) is 23.1 Å². The molecular formula is C18H20F3N3O2. The highest BCUT2D eigenvalue weighted by Crippen LogP contribution is 2.35. The van der Waals surface area contributed by atoms with E-state index in [1.165, 1.54) is 23.5 Å². The summed E-state index contributed by atoms with van der Waals surface area (Å²) in [5, 5.41) is 9.97. The molecule has 1 aliphatic heterocycles. The van der Waals surface area contributed by atoms with Gasteiger partial charge in [0.25, 0.3) is 5.56 Å². The van der Waals surface area contributed by atoms with Gasteiger partial charge in [0, 0.05) is 24.8 Å². The average molecular weight is 367 g/mol. The summed E-state index contributed by atoms with van der Waals surface area (Å²) in [5.41, 5.74) is -1.22. The molecule has 1 N–H and O–H groups in total. The molecule has 1 fully saturated rings. The van der Waals surface area contributed by atoms with E-state index in [0.29, 0.717) is 19.2 Å². The first-order valence-electron chi connectivity index (χ1n) is 8.53. The van der Waals surface area contributed by atoms with E-state index in [2.05, 4.69) is 9.88 Å². The fraction of sp³-hybridized carbons (Fsp3) is 0.444. The summed E-state index contributed by atoms with van der Waals surface area (Å²) in [6.45, 7) is 3.16. The van der Waals surface area contributed by atoms with Crippen molar-refractivity contribution in [2.24, 2.45) is 0 Å². The van der Waals surface area contributed by atoms with Gasteiger partial charge >= 0.3 is 6.18 Å². The van der Waals surface area contributed by atoms with Crippen LogP contribution in [0.5, 0.6) is 5.75 Å². The van der Waals surface area contributed by atoms with E-state index in [1.807, 2.05) is 0 Å². The number of piperidine rings is 1. The standard InChI is InChI=1S/C18H20F3N3O2/c19-18(20,21)13-4-5-14(16(25)10-13)15-11-22-12-24(17(15)26)9-8-23-6-2-1-3-7-23/h4-5,10-12,25H,1-3,6-9H2. The predicted octanol–water partition coefficient (Wildman–Crippen LogP) is 3.12. The van der Waals surface area contributed by atoms with Gasteiger partial charge in [-0.2, -0.15) is 13.2 Å². The minimum Gasteiger partial charge on any atom is -0.507 e. The maximum Gasteiger partial charge on any atom is 0.416 e. The largest absolute Gasteiger partial charge is 0.507 e. The van der Waals surface area contributed by atoms with Crippen molar-refractivity contribution >= 4 is 0 Å². The normalized spacial score (nSPS) is 16.0. The number of aromatic nitrogens is 2. The zero-order chi connectivity index (χ0) is 18.7. The first kappa shape index (κ1) is 18.4. The van der Waals surface area contributed by atoms with Crippen LogP contribution < -0.4 is 5.56 Å². The van der Waals surface area contributed by atoms with Crippen LogP contribution in [-0.4, -0.2) is 39.2 Å². The zero-order valence-corrected chi connectivity index (χ0v) is 14.2. The van der Waals surface area contributed by atoms with Crippen LogP contribution in [0.3, 0.4) is 0 Å². The van der Waals surface area contributed by atoms with E-state index in [0.717, 1.165) is 38.1 Å². The van der Waals surface area contributed by atoms with Gasteiger partial charge in [-0.3, -0.25) is 9.36 Å². The lowest BCUT2D eigenvalue weighted by Gasteiger charge is -2.26. The van der Waals surface area contributed by atoms with Crippen LogP contribution in [0.4, 0.5) is 13.2 Å². The number of nitrogens with zero attached hydrogens (tertiary/aromatic N) is 3. The maximum absolute atomic E-state index is 12.7. The fourth-order valence-corrected chi connectivity index (χ4v) is 3.16. The number of benzene rings is 1. The molecule has 140 valence electrons. The lowest BCUT2D eigenvalue weighted by atomic mass is 10.0. The molecule has 0 unspecified atom stereocenters. The quantitative estimate of drug-likeness (QED) is 0.902. The Morgan fingerprint density at radius 2 is 1.81 bits per heavy atom. The van der Waals surface area contributed by atoms with Gasteiger partial charge in [-0.15, -0.1) is 0 Å². The van der Waals surface area contributed by atoms with Crippen molar-refractivity contribution in [1.82, 2.24) is 14.5 Å². The molecule has 0 aliphatic carbocycles. The number of hydrogen-bond acceptors (Lipinski definition) is 4. The molecule has 1 aliphatic rings. The lowest BCUT2D eigenvalue weighted by Crippen LogP contribution is -2.35. The van der Waals surface area contributed by atoms with Crippen molar-refractivity contribution in [2.45, 2.75) is 32.0 Å². The Bertz CT molecular complexity index is 827. The minimum absolute atomic E-state index is 0.0443. The summed E-state index contributed by atoms with van der Waals surface area (Å²) >= 11 is 0. The third-order valence-electron chi connectivity index (χ3n) is 4.62. The SMILES string of the molecule is O=c1c(-c2ccc(C(F)(F)F)cc2O)cncn1CCN1CCCCC1. The number of phenolic OH excluding ortho intramolecular Hbond substituents is 1. The molecule has 1 aromatic heterocycles. The van der Waals surface area contributed by atoms with E-state index in [1.54, 1.807) is 0 Å². The number of aromatic hydroxyl groups is 1. The summed E-state index contributed by atoms with van der Waals surface area (Å²) < 4.78 is 39.6. The number of likely N-dealkylation sites (tertiary alicyclic amines) is 1. The van der Waals surface area contributed by atoms with Gasteiger partial charge in [-0.05, 0) is 44.1 Å². The summed E-state index contributed by atoms with van der Waals surface area (Å²) in [6.07, 6.45) is 1.64. The van der Waals surface area contributed by atoms with Gasteiger partial charge in [-0.25, -0.2) is 4.98 Å². The topological polar surface area (TPSA) is 58.4 Å². The molecule has 2 aromatic rings. The number of halogens is 3. The molecule has 8 heteroatoms. The van der Waals surface area contributed by atoms with Crippen LogP contribution in [0.25, 0.3) is 11.1 Å². The maximum atomic E-state index is 12.7. The van der Waals surface area contributed by atoms with Crippen LogP contribution in [0.15, 0.2) is 35.5 Å². The number of rotatable bonds is 4. The molecule has 3 rings (SSSR count). The number of hydrogen-bond donors (Lipinski definition) is 1. The van der Waals surface area contributed by atoms with E-state index in [4.69, 9.17) is 0 Å². The van der Waals surface area contributed by atoms with Crippen LogP contribution >= 0.6 is 0 Å². The third-order valence-corrected chi connectivity index (χ3v) is 4.62. The van der Waals surface area contributed by atoms with Crippen molar-refractivity contribution < 1.29 is 18.3 Å². The lowest BCUT2D eigenvalue weighted by molar-refractivity contribution is -0.137. The molecule has 0 atom stereocenters. The Morgan fingerprint density at radius 1 is 1.08 bits per heavy atom. The van der Waals surface area contributed by atoms with Crippen molar-refractivity contribution in [1.29, 1.82) is 0 Å². The van der Waals surface area contributed by atoms with Crippen LogP contribution in [0.2, 0.25) is 0 Å². The second-order valence-electron chi connectivity index (χ2n) is 6.44. The Morgan fingerprint density at radius 3 is 2.46 bits per heavy atom. The summed E-state index contributed by atoms with van der Waals surface area (Å²) in [5.74, 6) is -0.590. The molecular weight excluding hydrogens is 347 g/mol. The van der Waals surface area contributed by atoms with Crippen molar-refractivity contribution in [2.75, 3.05) is 19.6 Å². The van der Waals surface area contributed by atoms with Crippen LogP contribution in [0, 0.1) is 0 Å². The molecule has 26 heavy (non-hydrogen) atoms. The van der Waals surface area contributed by atoms with Gasteiger partial charge in [0.1, 0.15) is 5.75 Å². The van der Waals surface area contributed by atoms with E-state index in [-0.39, 0.29) is 16.7 Å². The number of phenols is 1. The van der Waals surface area contributed by atoms with Gasteiger partial charge < -0.3 is 10.0 Å². The first-order chi connectivity index (χ1) is 12.4. The average Bonchev–Trinajstić information content (AvgIpc) is 2.61. The molecule has 1 saturated heterocycles. The summed E-state index contributed by atoms with van der Waals surface area (Å²) in [7, 11) is 0. The van der Waals surface area contributed by atoms with E-state index >= 15 is 0 Å². The Kier molecular flexibility index (Phi) is 5.31. The molecule has 5 nitrogen and oxygen atoms in total. The van der Waals surface area contributed by atoms with Gasteiger partial charge in [0.2, 0.25) is 0 Å². The highest BCUT2D eigenvalue weighted by molar-refractivity contribution is 5.69. The Labute approximate surface area is 148 Å². The molecule has 2 heterocycles. The summed E-state index contributed by atoms with van der Waals surface area (Å²) in [6, 6.07) is 2.57. The minimum atomic E-state index is -4.56. The Hall–Kier alpha value is -2.35. The molecule has 0 amide bonds. The smallest absolute Gasteiger partial charge is 0.416 e. The highest BCUT2D eigenvalue weighted by atomic mass is 19.4. The molecule has 0 saturated carbocycles. The molecule has 0 radical (unpaired) electrons. The predicted molar refractivity (Wildman–Crippen MR) is 90.9 cm³/mol. The van der Waals surface area contributed by atoms with Crippen LogP contribution in [-0.2, 0) is 12.7 Å². The third kappa shape index (κ3) is 4.07. The zero-order valence-electron chi connectivity index (χ0n) is 14.2. The van der Waals surface area contributed by atoms with Crippen LogP contribution in [0.1, 0.15) is 24.8 Å². The van der Waals surface area contributed by atoms with Gasteiger partial charge in [0.15, 0.2) is 0 Å². The Balaban J connectivity index is 1.84. The molecule has 0 spiro atoms. The monoisotopic (exact) mass is 367 g/mol. The van der Waals surface area contributed by atoms with Crippen molar-refractivity contribution in [3.05, 3.63) is 46.6 Å². The molecule has 1 aromatic carbocycles. The van der Waals surface area contributed by atoms with Gasteiger partial charge in [0.05, 0.1) is 17.5 Å². The molecule has 0 bridgehead atoms. The second kappa shape index (κ2) is 7.49. The van der Waals surface area contributed by atoms with Crippen molar-refractivity contribution in [3.8, 4) is 16.9 Å². The fourth-order valence-electron chi connectivity index (χ4n) is 3.16.